The molecule has 1 saturated carbocycles. The Labute approximate surface area is 130 Å². The maximum atomic E-state index is 4.86. The van der Waals surface area contributed by atoms with Crippen molar-refractivity contribution in [3.05, 3.63) is 18.0 Å². The van der Waals surface area contributed by atoms with Gasteiger partial charge in [0, 0.05) is 12.2 Å². The zero-order chi connectivity index (χ0) is 15.5. The van der Waals surface area contributed by atoms with Crippen LogP contribution in [0.5, 0.6) is 0 Å². The van der Waals surface area contributed by atoms with Crippen molar-refractivity contribution < 1.29 is 0 Å². The summed E-state index contributed by atoms with van der Waals surface area (Å²) in [6.45, 7) is 12.5. The molecule has 0 radical (unpaired) electrons. The van der Waals surface area contributed by atoms with E-state index in [1.165, 1.54) is 31.4 Å². The lowest BCUT2D eigenvalue weighted by molar-refractivity contribution is 0.224. The number of hydrogen-bond donors (Lipinski definition) is 1. The highest BCUT2D eigenvalue weighted by molar-refractivity contribution is 5.03. The standard InChI is InChI=1S/C18H33N3/c1-14(2)19-13-15(18(3,4)5)12-16-10-11-21(20-16)17-8-6-7-9-17/h10-11,14-15,17,19H,6-9,12-13H2,1-5H3. The topological polar surface area (TPSA) is 29.9 Å². The molecule has 1 N–H and O–H groups in total. The maximum absolute atomic E-state index is 4.86. The predicted octanol–water partition coefficient (Wildman–Crippen LogP) is 4.20. The zero-order valence-electron chi connectivity index (χ0n) is 14.5. The molecule has 3 nitrogen and oxygen atoms in total. The normalized spacial score (nSPS) is 18.6. The third-order valence-corrected chi connectivity index (χ3v) is 4.82. The van der Waals surface area contributed by atoms with Crippen molar-refractivity contribution in [1.29, 1.82) is 0 Å². The van der Waals surface area contributed by atoms with Crippen molar-refractivity contribution in [3.8, 4) is 0 Å². The van der Waals surface area contributed by atoms with Crippen LogP contribution < -0.4 is 5.32 Å². The molecule has 0 spiro atoms. The van der Waals surface area contributed by atoms with Gasteiger partial charge in [-0.25, -0.2) is 0 Å². The van der Waals surface area contributed by atoms with Crippen LogP contribution in [-0.4, -0.2) is 22.4 Å². The molecular weight excluding hydrogens is 258 g/mol. The van der Waals surface area contributed by atoms with Gasteiger partial charge in [-0.1, -0.05) is 47.5 Å². The van der Waals surface area contributed by atoms with Crippen LogP contribution in [0.25, 0.3) is 0 Å². The molecule has 1 atom stereocenters. The Bertz CT molecular complexity index is 422. The van der Waals surface area contributed by atoms with Gasteiger partial charge in [0.15, 0.2) is 0 Å². The van der Waals surface area contributed by atoms with Gasteiger partial charge in [0.25, 0.3) is 0 Å². The maximum Gasteiger partial charge on any atom is 0.0628 e. The number of nitrogens with one attached hydrogen (secondary N) is 1. The van der Waals surface area contributed by atoms with E-state index >= 15 is 0 Å². The summed E-state index contributed by atoms with van der Waals surface area (Å²) in [6, 6.07) is 3.43. The lowest BCUT2D eigenvalue weighted by Crippen LogP contribution is -2.36. The molecule has 0 aromatic carbocycles. The molecule has 1 aromatic heterocycles. The van der Waals surface area contributed by atoms with Crippen LogP contribution in [0, 0.1) is 11.3 Å². The van der Waals surface area contributed by atoms with E-state index in [-0.39, 0.29) is 0 Å². The van der Waals surface area contributed by atoms with Crippen LogP contribution in [0.4, 0.5) is 0 Å². The van der Waals surface area contributed by atoms with Crippen LogP contribution in [0.3, 0.4) is 0 Å². The third kappa shape index (κ3) is 4.84. The molecule has 1 unspecified atom stereocenters. The highest BCUT2D eigenvalue weighted by atomic mass is 15.3. The summed E-state index contributed by atoms with van der Waals surface area (Å²) in [6.07, 6.45) is 8.60. The Hall–Kier alpha value is -0.830. The lowest BCUT2D eigenvalue weighted by atomic mass is 9.78. The fourth-order valence-electron chi connectivity index (χ4n) is 3.17. The van der Waals surface area contributed by atoms with Gasteiger partial charge >= 0.3 is 0 Å². The van der Waals surface area contributed by atoms with E-state index in [2.05, 4.69) is 56.9 Å². The van der Waals surface area contributed by atoms with E-state index in [1.54, 1.807) is 0 Å². The molecule has 1 fully saturated rings. The molecule has 1 aliphatic rings. The van der Waals surface area contributed by atoms with E-state index in [0.29, 0.717) is 23.4 Å². The Morgan fingerprint density at radius 2 is 1.95 bits per heavy atom. The molecule has 120 valence electrons. The zero-order valence-corrected chi connectivity index (χ0v) is 14.5. The molecule has 1 aliphatic carbocycles. The monoisotopic (exact) mass is 291 g/mol. The first-order valence-corrected chi connectivity index (χ1v) is 8.63. The Kier molecular flexibility index (Phi) is 5.48. The molecule has 21 heavy (non-hydrogen) atoms. The first-order chi connectivity index (χ1) is 9.86. The van der Waals surface area contributed by atoms with E-state index in [1.807, 2.05) is 0 Å². The first kappa shape index (κ1) is 16.5. The highest BCUT2D eigenvalue weighted by Crippen LogP contribution is 2.31. The van der Waals surface area contributed by atoms with Gasteiger partial charge in [-0.2, -0.15) is 5.10 Å². The fourth-order valence-corrected chi connectivity index (χ4v) is 3.17. The lowest BCUT2D eigenvalue weighted by Gasteiger charge is -2.31. The summed E-state index contributed by atoms with van der Waals surface area (Å²) in [5.41, 5.74) is 1.56. The molecule has 0 bridgehead atoms. The summed E-state index contributed by atoms with van der Waals surface area (Å²) >= 11 is 0. The predicted molar refractivity (Wildman–Crippen MR) is 89.5 cm³/mol. The average molecular weight is 291 g/mol. The van der Waals surface area contributed by atoms with Crippen molar-refractivity contribution in [3.63, 3.8) is 0 Å². The van der Waals surface area contributed by atoms with Crippen LogP contribution in [0.1, 0.15) is 72.0 Å². The summed E-state index contributed by atoms with van der Waals surface area (Å²) in [7, 11) is 0. The quantitative estimate of drug-likeness (QED) is 0.851. The molecule has 1 heterocycles. The van der Waals surface area contributed by atoms with Gasteiger partial charge in [-0.05, 0) is 43.2 Å². The SMILES string of the molecule is CC(C)NCC(Cc1ccn(C2CCCC2)n1)C(C)(C)C. The second-order valence-corrected chi connectivity index (χ2v) is 8.06. The van der Waals surface area contributed by atoms with Crippen molar-refractivity contribution in [1.82, 2.24) is 15.1 Å². The van der Waals surface area contributed by atoms with Crippen LogP contribution in [0.15, 0.2) is 12.3 Å². The Morgan fingerprint density at radius 3 is 2.52 bits per heavy atom. The van der Waals surface area contributed by atoms with Gasteiger partial charge in [-0.3, -0.25) is 4.68 Å². The minimum atomic E-state index is 0.305. The minimum absolute atomic E-state index is 0.305. The molecule has 3 heteroatoms. The van der Waals surface area contributed by atoms with Crippen molar-refractivity contribution in [2.24, 2.45) is 11.3 Å². The number of hydrogen-bond acceptors (Lipinski definition) is 2. The smallest absolute Gasteiger partial charge is 0.0628 e. The molecular formula is C18H33N3. The van der Waals surface area contributed by atoms with Gasteiger partial charge in [0.05, 0.1) is 11.7 Å². The Morgan fingerprint density at radius 1 is 1.29 bits per heavy atom. The summed E-state index contributed by atoms with van der Waals surface area (Å²) in [5, 5.41) is 8.46. The first-order valence-electron chi connectivity index (χ1n) is 8.63. The molecule has 0 saturated heterocycles. The number of aromatic nitrogens is 2. The second-order valence-electron chi connectivity index (χ2n) is 8.06. The van der Waals surface area contributed by atoms with Crippen LogP contribution in [-0.2, 0) is 6.42 Å². The van der Waals surface area contributed by atoms with Gasteiger partial charge in [-0.15, -0.1) is 0 Å². The number of nitrogens with zero attached hydrogens (tertiary/aromatic N) is 2. The van der Waals surface area contributed by atoms with Gasteiger partial charge < -0.3 is 5.32 Å². The van der Waals surface area contributed by atoms with E-state index in [9.17, 15) is 0 Å². The third-order valence-electron chi connectivity index (χ3n) is 4.82. The highest BCUT2D eigenvalue weighted by Gasteiger charge is 2.26. The van der Waals surface area contributed by atoms with Crippen molar-refractivity contribution >= 4 is 0 Å². The molecule has 0 aliphatic heterocycles. The van der Waals surface area contributed by atoms with Gasteiger partial charge in [0.2, 0.25) is 0 Å². The van der Waals surface area contributed by atoms with Crippen LogP contribution in [0.2, 0.25) is 0 Å². The van der Waals surface area contributed by atoms with Crippen LogP contribution >= 0.6 is 0 Å². The fraction of sp³-hybridized carbons (Fsp3) is 0.833. The molecule has 2 rings (SSSR count). The average Bonchev–Trinajstić information content (AvgIpc) is 3.03. The summed E-state index contributed by atoms with van der Waals surface area (Å²) in [5.74, 6) is 0.617. The summed E-state index contributed by atoms with van der Waals surface area (Å²) < 4.78 is 2.22. The van der Waals surface area contributed by atoms with Crippen molar-refractivity contribution in [2.45, 2.75) is 78.8 Å². The Balaban J connectivity index is 1.99. The number of rotatable bonds is 6. The molecule has 1 aromatic rings. The van der Waals surface area contributed by atoms with E-state index in [4.69, 9.17) is 5.10 Å². The van der Waals surface area contributed by atoms with E-state index in [0.717, 1.165) is 13.0 Å². The van der Waals surface area contributed by atoms with Gasteiger partial charge in [0.1, 0.15) is 0 Å². The molecule has 0 amide bonds. The van der Waals surface area contributed by atoms with Crippen molar-refractivity contribution in [2.75, 3.05) is 6.54 Å². The second kappa shape index (κ2) is 6.95. The minimum Gasteiger partial charge on any atom is -0.314 e. The van der Waals surface area contributed by atoms with E-state index < -0.39 is 0 Å². The largest absolute Gasteiger partial charge is 0.314 e. The summed E-state index contributed by atoms with van der Waals surface area (Å²) in [4.78, 5) is 0.